The Hall–Kier alpha value is -2.64. The van der Waals surface area contributed by atoms with E-state index in [2.05, 4.69) is 0 Å². The van der Waals surface area contributed by atoms with Crippen LogP contribution in [0, 0.1) is 10.1 Å². The number of rotatable bonds is 6. The number of carboxylic acids is 1. The number of likely N-dealkylation sites (N-methyl/N-ethyl adjacent to an activating group) is 1. The smallest absolute Gasteiger partial charge is 0.326 e. The van der Waals surface area contributed by atoms with Crippen LogP contribution in [0.5, 0.6) is 0 Å². The van der Waals surface area contributed by atoms with Gasteiger partial charge in [-0.05, 0) is 12.5 Å². The highest BCUT2D eigenvalue weighted by atomic mass is 16.6. The fourth-order valence-corrected chi connectivity index (χ4v) is 1.92. The summed E-state index contributed by atoms with van der Waals surface area (Å²) in [6.45, 7) is 1.69. The van der Waals surface area contributed by atoms with Crippen molar-refractivity contribution in [1.29, 1.82) is 0 Å². The second-order valence-corrected chi connectivity index (χ2v) is 4.20. The number of benzene rings is 1. The number of amides is 1. The van der Waals surface area contributed by atoms with Crippen molar-refractivity contribution in [3.05, 3.63) is 33.9 Å². The van der Waals surface area contributed by atoms with Gasteiger partial charge in [-0.15, -0.1) is 0 Å². The largest absolute Gasteiger partial charge is 0.480 e. The van der Waals surface area contributed by atoms with Crippen LogP contribution in [0.15, 0.2) is 18.2 Å². The van der Waals surface area contributed by atoms with Crippen LogP contribution in [0.25, 0.3) is 0 Å². The van der Waals surface area contributed by atoms with Crippen LogP contribution in [0.1, 0.15) is 23.7 Å². The highest BCUT2D eigenvalue weighted by Gasteiger charge is 2.25. The maximum atomic E-state index is 11.4. The number of non-ortho nitro benzene ring substituents is 1. The Bertz CT molecular complexity index is 558. The minimum absolute atomic E-state index is 0.0820. The molecule has 0 radical (unpaired) electrons. The molecule has 0 fully saturated rings. The van der Waals surface area contributed by atoms with Crippen LogP contribution >= 0.6 is 0 Å². The van der Waals surface area contributed by atoms with Crippen LogP contribution in [0.4, 0.5) is 11.4 Å². The van der Waals surface area contributed by atoms with Gasteiger partial charge in [-0.1, -0.05) is 6.92 Å². The summed E-state index contributed by atoms with van der Waals surface area (Å²) >= 11 is 0. The molecule has 1 unspecified atom stereocenters. The fraction of sp³-hybridized carbons (Fsp3) is 0.333. The van der Waals surface area contributed by atoms with Gasteiger partial charge in [0, 0.05) is 19.2 Å². The third-order valence-electron chi connectivity index (χ3n) is 2.98. The molecular formula is C12H15N3O5. The second kappa shape index (κ2) is 6.00. The predicted molar refractivity (Wildman–Crippen MR) is 71.7 cm³/mol. The summed E-state index contributed by atoms with van der Waals surface area (Å²) in [5.74, 6) is -1.90. The van der Waals surface area contributed by atoms with E-state index in [0.29, 0.717) is 6.42 Å². The number of aliphatic carboxylic acids is 1. The Morgan fingerprint density at radius 3 is 2.50 bits per heavy atom. The van der Waals surface area contributed by atoms with Gasteiger partial charge < -0.3 is 15.7 Å². The van der Waals surface area contributed by atoms with Gasteiger partial charge in [-0.2, -0.15) is 0 Å². The summed E-state index contributed by atoms with van der Waals surface area (Å²) in [5, 5.41) is 19.8. The number of anilines is 1. The molecule has 0 aliphatic heterocycles. The van der Waals surface area contributed by atoms with Crippen molar-refractivity contribution < 1.29 is 19.6 Å². The molecule has 8 nitrogen and oxygen atoms in total. The maximum absolute atomic E-state index is 11.4. The Kier molecular flexibility index (Phi) is 4.63. The summed E-state index contributed by atoms with van der Waals surface area (Å²) in [7, 11) is 1.50. The number of carbonyl (C=O) groups excluding carboxylic acids is 1. The molecule has 1 aromatic carbocycles. The Balaban J connectivity index is 3.33. The van der Waals surface area contributed by atoms with E-state index in [1.54, 1.807) is 6.92 Å². The first-order valence-electron chi connectivity index (χ1n) is 5.83. The molecule has 0 saturated carbocycles. The van der Waals surface area contributed by atoms with Gasteiger partial charge in [0.1, 0.15) is 6.04 Å². The molecule has 1 atom stereocenters. The quantitative estimate of drug-likeness (QED) is 0.591. The minimum atomic E-state index is -1.05. The molecule has 0 aromatic heterocycles. The predicted octanol–water partition coefficient (Wildman–Crippen LogP) is 0.993. The monoisotopic (exact) mass is 281 g/mol. The lowest BCUT2D eigenvalue weighted by Gasteiger charge is -2.27. The topological polar surface area (TPSA) is 127 Å². The fourth-order valence-electron chi connectivity index (χ4n) is 1.92. The zero-order valence-corrected chi connectivity index (χ0v) is 11.1. The number of nitrogens with two attached hydrogens (primary N) is 1. The zero-order chi connectivity index (χ0) is 15.4. The molecule has 0 aliphatic carbocycles. The maximum Gasteiger partial charge on any atom is 0.326 e. The van der Waals surface area contributed by atoms with Crippen molar-refractivity contribution in [2.24, 2.45) is 5.73 Å². The normalized spacial score (nSPS) is 11.7. The lowest BCUT2D eigenvalue weighted by Crippen LogP contribution is -2.39. The molecule has 1 amide bonds. The molecule has 0 saturated heterocycles. The molecule has 20 heavy (non-hydrogen) atoms. The van der Waals surface area contributed by atoms with Gasteiger partial charge in [-0.3, -0.25) is 14.9 Å². The first-order chi connectivity index (χ1) is 9.29. The van der Waals surface area contributed by atoms with Gasteiger partial charge in [-0.25, -0.2) is 4.79 Å². The molecule has 1 rings (SSSR count). The summed E-state index contributed by atoms with van der Waals surface area (Å²) < 4.78 is 0. The van der Waals surface area contributed by atoms with Crippen molar-refractivity contribution in [2.45, 2.75) is 19.4 Å². The number of nitro groups is 1. The van der Waals surface area contributed by atoms with E-state index in [4.69, 9.17) is 10.8 Å². The number of hydrogen-bond acceptors (Lipinski definition) is 5. The molecule has 0 aliphatic rings. The summed E-state index contributed by atoms with van der Waals surface area (Å²) in [4.78, 5) is 34.0. The SMILES string of the molecule is CCC(C(=O)O)N(C)c1ccc([N+](=O)[O-])cc1C(N)=O. The van der Waals surface area contributed by atoms with E-state index < -0.39 is 22.8 Å². The van der Waals surface area contributed by atoms with Crippen LogP contribution in [0.2, 0.25) is 0 Å². The summed E-state index contributed by atoms with van der Waals surface area (Å²) in [6, 6.07) is 2.72. The minimum Gasteiger partial charge on any atom is -0.480 e. The van der Waals surface area contributed by atoms with Crippen molar-refractivity contribution in [3.63, 3.8) is 0 Å². The zero-order valence-electron chi connectivity index (χ0n) is 11.1. The molecule has 1 aromatic rings. The van der Waals surface area contributed by atoms with Gasteiger partial charge >= 0.3 is 5.97 Å². The van der Waals surface area contributed by atoms with Gasteiger partial charge in [0.05, 0.1) is 16.2 Å². The van der Waals surface area contributed by atoms with Gasteiger partial charge in [0.2, 0.25) is 0 Å². The Morgan fingerprint density at radius 2 is 2.10 bits per heavy atom. The van der Waals surface area contributed by atoms with E-state index in [-0.39, 0.29) is 16.9 Å². The van der Waals surface area contributed by atoms with Gasteiger partial charge in [0.15, 0.2) is 0 Å². The summed E-state index contributed by atoms with van der Waals surface area (Å²) in [5.41, 5.74) is 5.09. The lowest BCUT2D eigenvalue weighted by atomic mass is 10.1. The second-order valence-electron chi connectivity index (χ2n) is 4.20. The lowest BCUT2D eigenvalue weighted by molar-refractivity contribution is -0.384. The van der Waals surface area contributed by atoms with Crippen molar-refractivity contribution in [2.75, 3.05) is 11.9 Å². The Morgan fingerprint density at radius 1 is 1.50 bits per heavy atom. The third kappa shape index (κ3) is 3.02. The van der Waals surface area contributed by atoms with Crippen molar-refractivity contribution in [1.82, 2.24) is 0 Å². The molecule has 3 N–H and O–H groups in total. The molecule has 0 spiro atoms. The molecule has 0 heterocycles. The first-order valence-corrected chi connectivity index (χ1v) is 5.83. The van der Waals surface area contributed by atoms with Crippen molar-refractivity contribution >= 4 is 23.3 Å². The number of primary amides is 1. The number of carboxylic acid groups (broad SMARTS) is 1. The number of hydrogen-bond donors (Lipinski definition) is 2. The van der Waals surface area contributed by atoms with E-state index in [1.165, 1.54) is 24.1 Å². The average Bonchev–Trinajstić information content (AvgIpc) is 2.37. The van der Waals surface area contributed by atoms with Crippen molar-refractivity contribution in [3.8, 4) is 0 Å². The highest BCUT2D eigenvalue weighted by Crippen LogP contribution is 2.26. The van der Waals surface area contributed by atoms with Gasteiger partial charge in [0.25, 0.3) is 11.6 Å². The number of nitrogens with zero attached hydrogens (tertiary/aromatic N) is 2. The molecule has 8 heteroatoms. The first kappa shape index (κ1) is 15.4. The van der Waals surface area contributed by atoms with E-state index in [1.807, 2.05) is 0 Å². The molecule has 108 valence electrons. The van der Waals surface area contributed by atoms with E-state index in [9.17, 15) is 19.7 Å². The number of nitro benzene ring substituents is 1. The van der Waals surface area contributed by atoms with Crippen LogP contribution in [-0.4, -0.2) is 35.0 Å². The average molecular weight is 281 g/mol. The molecular weight excluding hydrogens is 266 g/mol. The van der Waals surface area contributed by atoms with Crippen LogP contribution in [-0.2, 0) is 4.79 Å². The third-order valence-corrected chi connectivity index (χ3v) is 2.98. The van der Waals surface area contributed by atoms with E-state index >= 15 is 0 Å². The standard InChI is InChI=1S/C12H15N3O5/c1-3-9(12(17)18)14(2)10-5-4-7(15(19)20)6-8(10)11(13)16/h4-6,9H,3H2,1-2H3,(H2,13,16)(H,17,18). The van der Waals surface area contributed by atoms with Crippen LogP contribution in [0.3, 0.4) is 0 Å². The van der Waals surface area contributed by atoms with Crippen LogP contribution < -0.4 is 10.6 Å². The highest BCUT2D eigenvalue weighted by molar-refractivity contribution is 6.00. The number of carbonyl (C=O) groups is 2. The molecule has 0 bridgehead atoms. The van der Waals surface area contributed by atoms with E-state index in [0.717, 1.165) is 6.07 Å². The Labute approximate surface area is 114 Å². The summed E-state index contributed by atoms with van der Waals surface area (Å²) in [6.07, 6.45) is 0.307.